The molecule has 0 aliphatic rings. The van der Waals surface area contributed by atoms with Gasteiger partial charge < -0.3 is 5.11 Å². The summed E-state index contributed by atoms with van der Waals surface area (Å²) < 4.78 is 1.65. The largest absolute Gasteiger partial charge is 0.872 e. The quantitative estimate of drug-likeness (QED) is 0.679. The van der Waals surface area contributed by atoms with E-state index < -0.39 is 0 Å². The lowest BCUT2D eigenvalue weighted by molar-refractivity contribution is -0.269. The second-order valence-electron chi connectivity index (χ2n) is 3.30. The highest BCUT2D eigenvalue weighted by molar-refractivity contribution is 5.83. The lowest BCUT2D eigenvalue weighted by atomic mass is 10.1. The molecule has 0 aliphatic heterocycles. The van der Waals surface area contributed by atoms with Gasteiger partial charge in [0.2, 0.25) is 0 Å². The SMILES string of the molecule is Cc1cccc(/C=N/n2cccc2)c1[O-]. The molecule has 1 aromatic carbocycles. The van der Waals surface area contributed by atoms with Crippen molar-refractivity contribution in [2.75, 3.05) is 0 Å². The molecule has 0 radical (unpaired) electrons. The molecule has 2 rings (SSSR count). The normalized spacial score (nSPS) is 11.0. The van der Waals surface area contributed by atoms with Gasteiger partial charge in [-0.25, -0.2) is 4.68 Å². The van der Waals surface area contributed by atoms with Gasteiger partial charge in [0, 0.05) is 12.4 Å². The fourth-order valence-electron chi connectivity index (χ4n) is 1.31. The van der Waals surface area contributed by atoms with Crippen molar-refractivity contribution in [2.24, 2.45) is 5.10 Å². The Morgan fingerprint density at radius 1 is 1.20 bits per heavy atom. The van der Waals surface area contributed by atoms with Crippen molar-refractivity contribution < 1.29 is 5.11 Å². The second kappa shape index (κ2) is 4.00. The van der Waals surface area contributed by atoms with Gasteiger partial charge in [-0.2, -0.15) is 5.10 Å². The Morgan fingerprint density at radius 2 is 1.93 bits per heavy atom. The zero-order valence-corrected chi connectivity index (χ0v) is 8.42. The van der Waals surface area contributed by atoms with E-state index in [-0.39, 0.29) is 5.75 Å². The van der Waals surface area contributed by atoms with Crippen LogP contribution in [0.25, 0.3) is 0 Å². The number of aromatic nitrogens is 1. The summed E-state index contributed by atoms with van der Waals surface area (Å²) in [6.07, 6.45) is 5.21. The Labute approximate surface area is 88.3 Å². The summed E-state index contributed by atoms with van der Waals surface area (Å²) in [7, 11) is 0. The molecule has 0 spiro atoms. The van der Waals surface area contributed by atoms with Gasteiger partial charge in [0.25, 0.3) is 0 Å². The molecule has 1 aromatic heterocycles. The first-order valence-electron chi connectivity index (χ1n) is 4.71. The van der Waals surface area contributed by atoms with E-state index in [0.717, 1.165) is 5.56 Å². The second-order valence-corrected chi connectivity index (χ2v) is 3.30. The topological polar surface area (TPSA) is 40.3 Å². The molecule has 0 aliphatic carbocycles. The van der Waals surface area contributed by atoms with Gasteiger partial charge >= 0.3 is 0 Å². The lowest BCUT2D eigenvalue weighted by Crippen LogP contribution is -1.99. The number of para-hydroxylation sites is 1. The zero-order chi connectivity index (χ0) is 10.7. The van der Waals surface area contributed by atoms with Gasteiger partial charge in [0.1, 0.15) is 0 Å². The predicted octanol–water partition coefficient (Wildman–Crippen LogP) is 1.75. The van der Waals surface area contributed by atoms with E-state index in [1.807, 2.05) is 30.6 Å². The van der Waals surface area contributed by atoms with Crippen LogP contribution >= 0.6 is 0 Å². The van der Waals surface area contributed by atoms with E-state index in [0.29, 0.717) is 5.56 Å². The van der Waals surface area contributed by atoms with Gasteiger partial charge in [-0.15, -0.1) is 0 Å². The first-order chi connectivity index (χ1) is 7.27. The van der Waals surface area contributed by atoms with E-state index in [4.69, 9.17) is 0 Å². The van der Waals surface area contributed by atoms with E-state index in [9.17, 15) is 5.11 Å². The summed E-state index contributed by atoms with van der Waals surface area (Å²) in [5, 5.41) is 15.8. The minimum absolute atomic E-state index is 0.0356. The lowest BCUT2D eigenvalue weighted by Gasteiger charge is -2.12. The highest BCUT2D eigenvalue weighted by Gasteiger charge is 1.92. The highest BCUT2D eigenvalue weighted by atomic mass is 16.3. The molecule has 0 amide bonds. The summed E-state index contributed by atoms with van der Waals surface area (Å²) in [4.78, 5) is 0. The Balaban J connectivity index is 2.28. The van der Waals surface area contributed by atoms with Crippen LogP contribution in [-0.4, -0.2) is 10.9 Å². The van der Waals surface area contributed by atoms with Crippen molar-refractivity contribution in [3.8, 4) is 5.75 Å². The summed E-state index contributed by atoms with van der Waals surface area (Å²) in [5.74, 6) is 0.0356. The van der Waals surface area contributed by atoms with Crippen molar-refractivity contribution in [1.82, 2.24) is 4.68 Å². The molecule has 76 valence electrons. The number of hydrogen-bond acceptors (Lipinski definition) is 2. The fourth-order valence-corrected chi connectivity index (χ4v) is 1.31. The molecule has 1 heterocycles. The van der Waals surface area contributed by atoms with Crippen molar-refractivity contribution in [3.05, 3.63) is 53.9 Å². The van der Waals surface area contributed by atoms with E-state index in [1.165, 1.54) is 0 Å². The first-order valence-corrected chi connectivity index (χ1v) is 4.71. The molecule has 0 unspecified atom stereocenters. The molecule has 2 aromatic rings. The maximum Gasteiger partial charge on any atom is 0.0544 e. The third-order valence-electron chi connectivity index (χ3n) is 2.16. The Morgan fingerprint density at radius 3 is 2.67 bits per heavy atom. The summed E-state index contributed by atoms with van der Waals surface area (Å²) in [5.41, 5.74) is 1.36. The van der Waals surface area contributed by atoms with Gasteiger partial charge in [0.15, 0.2) is 0 Å². The molecule has 0 bridgehead atoms. The standard InChI is InChI=1S/C12H12N2O/c1-10-5-4-6-11(12(10)15)9-13-14-7-2-3-8-14/h2-9,15H,1H3/p-1/b13-9+. The Bertz CT molecular complexity index is 472. The van der Waals surface area contributed by atoms with Crippen molar-refractivity contribution >= 4 is 6.21 Å². The van der Waals surface area contributed by atoms with Gasteiger partial charge in [-0.05, 0) is 24.6 Å². The number of aryl methyl sites for hydroxylation is 1. The maximum atomic E-state index is 11.6. The van der Waals surface area contributed by atoms with Crippen molar-refractivity contribution in [3.63, 3.8) is 0 Å². The van der Waals surface area contributed by atoms with Crippen LogP contribution in [0.3, 0.4) is 0 Å². The molecule has 0 N–H and O–H groups in total. The predicted molar refractivity (Wildman–Crippen MR) is 58.0 cm³/mol. The number of hydrogen-bond donors (Lipinski definition) is 0. The average Bonchev–Trinajstić information content (AvgIpc) is 2.73. The van der Waals surface area contributed by atoms with Crippen LogP contribution in [0.1, 0.15) is 11.1 Å². The van der Waals surface area contributed by atoms with Crippen LogP contribution in [0, 0.1) is 6.92 Å². The number of nitrogens with zero attached hydrogens (tertiary/aromatic N) is 2. The third-order valence-corrected chi connectivity index (χ3v) is 2.16. The van der Waals surface area contributed by atoms with Gasteiger partial charge in [-0.1, -0.05) is 29.5 Å². The molecule has 15 heavy (non-hydrogen) atoms. The molecule has 0 fully saturated rings. The molecule has 3 heteroatoms. The number of benzene rings is 1. The molecule has 3 nitrogen and oxygen atoms in total. The average molecular weight is 199 g/mol. The van der Waals surface area contributed by atoms with Crippen LogP contribution in [0.15, 0.2) is 47.8 Å². The van der Waals surface area contributed by atoms with Gasteiger partial charge in [-0.3, -0.25) is 0 Å². The Hall–Kier alpha value is -2.03. The van der Waals surface area contributed by atoms with Crippen LogP contribution in [0.2, 0.25) is 0 Å². The zero-order valence-electron chi connectivity index (χ0n) is 8.42. The molecular formula is C12H11N2O-. The monoisotopic (exact) mass is 199 g/mol. The van der Waals surface area contributed by atoms with Crippen LogP contribution in [0.4, 0.5) is 0 Å². The van der Waals surface area contributed by atoms with Crippen LogP contribution in [-0.2, 0) is 0 Å². The van der Waals surface area contributed by atoms with E-state index >= 15 is 0 Å². The number of rotatable bonds is 2. The van der Waals surface area contributed by atoms with Crippen molar-refractivity contribution in [2.45, 2.75) is 6.92 Å². The van der Waals surface area contributed by atoms with Crippen LogP contribution < -0.4 is 5.11 Å². The molecule has 0 saturated carbocycles. The molecular weight excluding hydrogens is 188 g/mol. The Kier molecular flexibility index (Phi) is 2.54. The summed E-state index contributed by atoms with van der Waals surface area (Å²) in [6, 6.07) is 9.18. The first kappa shape index (κ1) is 9.52. The maximum absolute atomic E-state index is 11.6. The minimum atomic E-state index is 0.0356. The molecule has 0 saturated heterocycles. The summed E-state index contributed by atoms with van der Waals surface area (Å²) in [6.45, 7) is 1.80. The minimum Gasteiger partial charge on any atom is -0.872 e. The summed E-state index contributed by atoms with van der Waals surface area (Å²) >= 11 is 0. The molecule has 0 atom stereocenters. The van der Waals surface area contributed by atoms with E-state index in [1.54, 1.807) is 29.9 Å². The van der Waals surface area contributed by atoms with Gasteiger partial charge in [0.05, 0.1) is 6.21 Å². The highest BCUT2D eigenvalue weighted by Crippen LogP contribution is 2.16. The van der Waals surface area contributed by atoms with E-state index in [2.05, 4.69) is 5.10 Å². The fraction of sp³-hybridized carbons (Fsp3) is 0.0833. The smallest absolute Gasteiger partial charge is 0.0544 e. The van der Waals surface area contributed by atoms with Crippen LogP contribution in [0.5, 0.6) is 5.75 Å². The van der Waals surface area contributed by atoms with Crippen molar-refractivity contribution in [1.29, 1.82) is 0 Å². The third kappa shape index (κ3) is 2.07.